The summed E-state index contributed by atoms with van der Waals surface area (Å²) in [4.78, 5) is 32.4. The van der Waals surface area contributed by atoms with E-state index in [-0.39, 0.29) is 17.5 Å². The fourth-order valence-electron chi connectivity index (χ4n) is 4.25. The van der Waals surface area contributed by atoms with E-state index in [0.717, 1.165) is 57.2 Å². The summed E-state index contributed by atoms with van der Waals surface area (Å²) in [6.45, 7) is 11.2. The van der Waals surface area contributed by atoms with E-state index in [4.69, 9.17) is 0 Å². The van der Waals surface area contributed by atoms with Gasteiger partial charge in [-0.1, -0.05) is 6.08 Å². The second-order valence-electron chi connectivity index (χ2n) is 7.12. The summed E-state index contributed by atoms with van der Waals surface area (Å²) >= 11 is 1.86. The van der Waals surface area contributed by atoms with Crippen molar-refractivity contribution < 1.29 is 9.59 Å². The third-order valence-electron chi connectivity index (χ3n) is 5.25. The molecule has 1 aliphatic rings. The van der Waals surface area contributed by atoms with Gasteiger partial charge in [-0.2, -0.15) is 0 Å². The summed E-state index contributed by atoms with van der Waals surface area (Å²) in [5.41, 5.74) is 7.48. The van der Waals surface area contributed by atoms with E-state index in [9.17, 15) is 9.59 Å². The molecule has 0 bridgehead atoms. The quantitative estimate of drug-likeness (QED) is 0.717. The Hall–Kier alpha value is -2.01. The first-order valence-electron chi connectivity index (χ1n) is 8.96. The highest BCUT2D eigenvalue weighted by Crippen LogP contribution is 2.44. The number of Topliss-reactive ketones (excluding diaryl/α,β-unsaturated/α-hetero) is 2. The van der Waals surface area contributed by atoms with Crippen LogP contribution in [0.2, 0.25) is 0 Å². The minimum atomic E-state index is 0.00102. The second-order valence-corrected chi connectivity index (χ2v) is 8.28. The van der Waals surface area contributed by atoms with Crippen molar-refractivity contribution >= 4 is 23.3 Å². The standard InChI is InChI=1S/C21H26N2O2S/c1-10-17(14(5)24)12(3)22-20(10)19(16-8-7-9-26-16)21-11(2)18(15(6)25)13(4)23-21/h8,19,22-23H,7,9H2,1-6H3. The van der Waals surface area contributed by atoms with Gasteiger partial charge in [0.25, 0.3) is 0 Å². The lowest BCUT2D eigenvalue weighted by atomic mass is 9.92. The molecule has 2 aromatic heterocycles. The molecule has 4 nitrogen and oxygen atoms in total. The summed E-state index contributed by atoms with van der Waals surface area (Å²) < 4.78 is 0. The van der Waals surface area contributed by atoms with Gasteiger partial charge in [0.05, 0.1) is 5.92 Å². The summed E-state index contributed by atoms with van der Waals surface area (Å²) in [5.74, 6) is 1.24. The number of thioether (sulfide) groups is 1. The molecule has 0 saturated carbocycles. The summed E-state index contributed by atoms with van der Waals surface area (Å²) in [5, 5.41) is 0. The van der Waals surface area contributed by atoms with Crippen molar-refractivity contribution in [2.24, 2.45) is 0 Å². The number of allylic oxidation sites excluding steroid dienone is 2. The number of nitrogens with one attached hydrogen (secondary N) is 2. The van der Waals surface area contributed by atoms with Gasteiger partial charge in [0.2, 0.25) is 0 Å². The summed E-state index contributed by atoms with van der Waals surface area (Å²) in [6.07, 6.45) is 3.33. The highest BCUT2D eigenvalue weighted by Gasteiger charge is 2.31. The number of aromatic nitrogens is 2. The minimum absolute atomic E-state index is 0.00102. The molecule has 3 rings (SSSR count). The van der Waals surface area contributed by atoms with Crippen LogP contribution in [0.5, 0.6) is 0 Å². The molecule has 3 heterocycles. The third kappa shape index (κ3) is 2.98. The maximum absolute atomic E-state index is 12.1. The average Bonchev–Trinajstić information content (AvgIpc) is 3.21. The van der Waals surface area contributed by atoms with Crippen LogP contribution >= 0.6 is 11.8 Å². The molecule has 0 atom stereocenters. The molecule has 0 radical (unpaired) electrons. The van der Waals surface area contributed by atoms with Crippen molar-refractivity contribution in [3.63, 3.8) is 0 Å². The Morgan fingerprint density at radius 3 is 1.69 bits per heavy atom. The SMILES string of the molecule is CC(=O)c1c(C)[nH]c(C(C2=CCCS2)c2[nH]c(C)c(C(C)=O)c2C)c1C. The van der Waals surface area contributed by atoms with Crippen molar-refractivity contribution in [1.82, 2.24) is 9.97 Å². The predicted octanol–water partition coefficient (Wildman–Crippen LogP) is 5.13. The molecular formula is C21H26N2O2S. The van der Waals surface area contributed by atoms with Crippen LogP contribution in [-0.2, 0) is 0 Å². The molecule has 0 aromatic carbocycles. The molecule has 0 unspecified atom stereocenters. The number of ketones is 2. The van der Waals surface area contributed by atoms with E-state index in [1.165, 1.54) is 4.91 Å². The van der Waals surface area contributed by atoms with Gasteiger partial charge < -0.3 is 9.97 Å². The Kier molecular flexibility index (Phi) is 5.02. The summed E-state index contributed by atoms with van der Waals surface area (Å²) in [7, 11) is 0. The van der Waals surface area contributed by atoms with Crippen LogP contribution < -0.4 is 0 Å². The van der Waals surface area contributed by atoms with Gasteiger partial charge in [-0.05, 0) is 64.0 Å². The smallest absolute Gasteiger partial charge is 0.161 e. The first kappa shape index (κ1) is 18.8. The Morgan fingerprint density at radius 2 is 1.38 bits per heavy atom. The van der Waals surface area contributed by atoms with Crippen LogP contribution in [-0.4, -0.2) is 27.3 Å². The zero-order valence-corrected chi connectivity index (χ0v) is 17.1. The lowest BCUT2D eigenvalue weighted by molar-refractivity contribution is 0.100. The predicted molar refractivity (Wildman–Crippen MR) is 108 cm³/mol. The highest BCUT2D eigenvalue weighted by atomic mass is 32.2. The molecule has 26 heavy (non-hydrogen) atoms. The minimum Gasteiger partial charge on any atom is -0.361 e. The first-order valence-corrected chi connectivity index (χ1v) is 9.95. The fourth-order valence-corrected chi connectivity index (χ4v) is 5.36. The van der Waals surface area contributed by atoms with E-state index in [1.807, 2.05) is 39.5 Å². The van der Waals surface area contributed by atoms with Gasteiger partial charge in [-0.15, -0.1) is 11.8 Å². The molecule has 0 amide bonds. The molecule has 2 N–H and O–H groups in total. The number of hydrogen-bond donors (Lipinski definition) is 2. The number of aryl methyl sites for hydroxylation is 2. The lowest BCUT2D eigenvalue weighted by Crippen LogP contribution is -2.07. The highest BCUT2D eigenvalue weighted by molar-refractivity contribution is 8.03. The van der Waals surface area contributed by atoms with Crippen LogP contribution in [0.15, 0.2) is 11.0 Å². The maximum atomic E-state index is 12.1. The van der Waals surface area contributed by atoms with Crippen LogP contribution in [0.25, 0.3) is 0 Å². The first-order chi connectivity index (χ1) is 12.2. The Labute approximate surface area is 158 Å². The van der Waals surface area contributed by atoms with Gasteiger partial charge in [0, 0.05) is 39.7 Å². The Bertz CT molecular complexity index is 866. The van der Waals surface area contributed by atoms with E-state index >= 15 is 0 Å². The molecule has 0 saturated heterocycles. The van der Waals surface area contributed by atoms with Crippen LogP contribution in [0.1, 0.15) is 80.8 Å². The second kappa shape index (κ2) is 6.95. The molecular weight excluding hydrogens is 344 g/mol. The number of hydrogen-bond acceptors (Lipinski definition) is 3. The molecule has 5 heteroatoms. The van der Waals surface area contributed by atoms with Crippen molar-refractivity contribution in [3.05, 3.63) is 56.0 Å². The molecule has 138 valence electrons. The molecule has 0 aliphatic carbocycles. The van der Waals surface area contributed by atoms with E-state index in [0.29, 0.717) is 0 Å². The summed E-state index contributed by atoms with van der Waals surface area (Å²) in [6, 6.07) is 0. The number of carbonyl (C=O) groups is 2. The number of H-pyrrole nitrogens is 2. The monoisotopic (exact) mass is 370 g/mol. The molecule has 2 aromatic rings. The van der Waals surface area contributed by atoms with Crippen molar-refractivity contribution in [3.8, 4) is 0 Å². The van der Waals surface area contributed by atoms with Crippen molar-refractivity contribution in [2.45, 2.75) is 53.9 Å². The van der Waals surface area contributed by atoms with Crippen LogP contribution in [0.3, 0.4) is 0 Å². The van der Waals surface area contributed by atoms with Gasteiger partial charge in [-0.3, -0.25) is 9.59 Å². The van der Waals surface area contributed by atoms with Crippen LogP contribution in [0, 0.1) is 27.7 Å². The van der Waals surface area contributed by atoms with Gasteiger partial charge in [0.1, 0.15) is 0 Å². The Morgan fingerprint density at radius 1 is 0.923 bits per heavy atom. The van der Waals surface area contributed by atoms with E-state index < -0.39 is 0 Å². The normalized spacial score (nSPS) is 14.2. The maximum Gasteiger partial charge on any atom is 0.161 e. The average molecular weight is 371 g/mol. The zero-order valence-electron chi connectivity index (χ0n) is 16.3. The van der Waals surface area contributed by atoms with Crippen molar-refractivity contribution in [2.75, 3.05) is 5.75 Å². The zero-order chi connectivity index (χ0) is 19.2. The van der Waals surface area contributed by atoms with Gasteiger partial charge in [-0.25, -0.2) is 0 Å². The van der Waals surface area contributed by atoms with Gasteiger partial charge >= 0.3 is 0 Å². The topological polar surface area (TPSA) is 65.7 Å². The van der Waals surface area contributed by atoms with E-state index in [2.05, 4.69) is 16.0 Å². The largest absolute Gasteiger partial charge is 0.361 e. The third-order valence-corrected chi connectivity index (χ3v) is 6.43. The molecule has 0 fully saturated rings. The number of carbonyl (C=O) groups excluding carboxylic acids is 2. The fraction of sp³-hybridized carbons (Fsp3) is 0.429. The lowest BCUT2D eigenvalue weighted by Gasteiger charge is -2.19. The van der Waals surface area contributed by atoms with Crippen LogP contribution in [0.4, 0.5) is 0 Å². The van der Waals surface area contributed by atoms with Crippen molar-refractivity contribution in [1.29, 1.82) is 0 Å². The Balaban J connectivity index is 2.24. The van der Waals surface area contributed by atoms with E-state index in [1.54, 1.807) is 13.8 Å². The number of aromatic amines is 2. The number of rotatable bonds is 5. The van der Waals surface area contributed by atoms with Gasteiger partial charge in [0.15, 0.2) is 11.6 Å². The molecule has 0 spiro atoms. The molecule has 1 aliphatic heterocycles.